The summed E-state index contributed by atoms with van der Waals surface area (Å²) in [7, 11) is 0. The molecule has 0 saturated carbocycles. The standard InChI is InChI=1S/C21H24N2/c1-21(2,3)19-10-8-16(9-11-19)18-12-20(23-14-18)17-6-4-15(13-22)5-7-17/h4-12,14,23H,13,22H2,1-3H3. The fourth-order valence-electron chi connectivity index (χ4n) is 2.71. The molecule has 3 N–H and O–H groups in total. The minimum Gasteiger partial charge on any atom is -0.361 e. The van der Waals surface area contributed by atoms with Gasteiger partial charge in [0.1, 0.15) is 0 Å². The lowest BCUT2D eigenvalue weighted by molar-refractivity contribution is 0.590. The number of aromatic nitrogens is 1. The van der Waals surface area contributed by atoms with Crippen LogP contribution in [0.3, 0.4) is 0 Å². The maximum Gasteiger partial charge on any atom is 0.0460 e. The van der Waals surface area contributed by atoms with Gasteiger partial charge in [0.15, 0.2) is 0 Å². The summed E-state index contributed by atoms with van der Waals surface area (Å²) < 4.78 is 0. The van der Waals surface area contributed by atoms with Gasteiger partial charge >= 0.3 is 0 Å². The topological polar surface area (TPSA) is 41.8 Å². The average Bonchev–Trinajstić information content (AvgIpc) is 3.04. The Bertz CT molecular complexity index is 772. The van der Waals surface area contributed by atoms with Crippen molar-refractivity contribution in [1.29, 1.82) is 0 Å². The Labute approximate surface area is 138 Å². The molecule has 0 unspecified atom stereocenters. The smallest absolute Gasteiger partial charge is 0.0460 e. The number of H-pyrrole nitrogens is 1. The Kier molecular flexibility index (Phi) is 4.10. The number of benzene rings is 2. The third-order valence-electron chi connectivity index (χ3n) is 4.27. The van der Waals surface area contributed by atoms with Gasteiger partial charge in [-0.2, -0.15) is 0 Å². The highest BCUT2D eigenvalue weighted by atomic mass is 14.7. The van der Waals surface area contributed by atoms with Crippen LogP contribution in [0.4, 0.5) is 0 Å². The van der Waals surface area contributed by atoms with Crippen molar-refractivity contribution in [2.24, 2.45) is 5.73 Å². The molecule has 1 heterocycles. The molecule has 1 aromatic heterocycles. The Morgan fingerprint density at radius 3 is 2.00 bits per heavy atom. The van der Waals surface area contributed by atoms with E-state index in [0.29, 0.717) is 6.54 Å². The number of nitrogens with two attached hydrogens (primary N) is 1. The van der Waals surface area contributed by atoms with Gasteiger partial charge in [0, 0.05) is 18.4 Å². The summed E-state index contributed by atoms with van der Waals surface area (Å²) in [6.45, 7) is 7.29. The monoisotopic (exact) mass is 304 g/mol. The summed E-state index contributed by atoms with van der Waals surface area (Å²) in [5.41, 5.74) is 13.1. The van der Waals surface area contributed by atoms with Gasteiger partial charge in [-0.3, -0.25) is 0 Å². The van der Waals surface area contributed by atoms with Gasteiger partial charge in [-0.05, 0) is 39.3 Å². The third-order valence-corrected chi connectivity index (χ3v) is 4.27. The highest BCUT2D eigenvalue weighted by Gasteiger charge is 2.13. The summed E-state index contributed by atoms with van der Waals surface area (Å²) in [4.78, 5) is 3.37. The summed E-state index contributed by atoms with van der Waals surface area (Å²) in [5, 5.41) is 0. The molecule has 0 aliphatic carbocycles. The van der Waals surface area contributed by atoms with Gasteiger partial charge < -0.3 is 10.7 Å². The molecule has 2 nitrogen and oxygen atoms in total. The molecule has 2 aromatic carbocycles. The van der Waals surface area contributed by atoms with E-state index in [1.165, 1.54) is 22.3 Å². The molecule has 118 valence electrons. The van der Waals surface area contributed by atoms with E-state index in [1.807, 2.05) is 0 Å². The molecule has 0 aliphatic heterocycles. The van der Waals surface area contributed by atoms with Crippen molar-refractivity contribution in [2.45, 2.75) is 32.7 Å². The van der Waals surface area contributed by atoms with Gasteiger partial charge in [-0.15, -0.1) is 0 Å². The predicted octanol–water partition coefficient (Wildman–Crippen LogP) is 5.10. The molecule has 0 bridgehead atoms. The zero-order chi connectivity index (χ0) is 16.4. The van der Waals surface area contributed by atoms with E-state index < -0.39 is 0 Å². The average molecular weight is 304 g/mol. The molecule has 3 rings (SSSR count). The molecule has 0 radical (unpaired) electrons. The van der Waals surface area contributed by atoms with Crippen molar-refractivity contribution in [3.8, 4) is 22.4 Å². The van der Waals surface area contributed by atoms with E-state index in [1.54, 1.807) is 0 Å². The molecular weight excluding hydrogens is 280 g/mol. The molecule has 0 spiro atoms. The molecular formula is C21H24N2. The Morgan fingerprint density at radius 2 is 1.43 bits per heavy atom. The normalized spacial score (nSPS) is 11.7. The minimum absolute atomic E-state index is 0.187. The highest BCUT2D eigenvalue weighted by molar-refractivity contribution is 5.71. The van der Waals surface area contributed by atoms with Crippen LogP contribution in [0.15, 0.2) is 60.8 Å². The zero-order valence-electron chi connectivity index (χ0n) is 14.1. The molecule has 0 aliphatic rings. The fourth-order valence-corrected chi connectivity index (χ4v) is 2.71. The number of hydrogen-bond acceptors (Lipinski definition) is 1. The largest absolute Gasteiger partial charge is 0.361 e. The molecule has 2 heteroatoms. The highest BCUT2D eigenvalue weighted by Crippen LogP contribution is 2.29. The maximum atomic E-state index is 5.65. The lowest BCUT2D eigenvalue weighted by atomic mass is 9.86. The molecule has 23 heavy (non-hydrogen) atoms. The minimum atomic E-state index is 0.187. The van der Waals surface area contributed by atoms with Gasteiger partial charge in [0.25, 0.3) is 0 Å². The molecule has 0 fully saturated rings. The number of aromatic amines is 1. The Balaban J connectivity index is 1.86. The van der Waals surface area contributed by atoms with Crippen LogP contribution in [0.1, 0.15) is 31.9 Å². The van der Waals surface area contributed by atoms with E-state index in [2.05, 4.69) is 86.5 Å². The van der Waals surface area contributed by atoms with E-state index in [9.17, 15) is 0 Å². The molecule has 0 amide bonds. The van der Waals surface area contributed by atoms with Crippen LogP contribution in [0, 0.1) is 0 Å². The van der Waals surface area contributed by atoms with Crippen LogP contribution in [-0.2, 0) is 12.0 Å². The van der Waals surface area contributed by atoms with Crippen molar-refractivity contribution < 1.29 is 0 Å². The van der Waals surface area contributed by atoms with E-state index >= 15 is 0 Å². The first-order valence-electron chi connectivity index (χ1n) is 8.06. The van der Waals surface area contributed by atoms with Crippen molar-refractivity contribution in [1.82, 2.24) is 4.98 Å². The summed E-state index contributed by atoms with van der Waals surface area (Å²) in [6, 6.07) is 19.4. The first-order chi connectivity index (χ1) is 11.0. The molecule has 3 aromatic rings. The van der Waals surface area contributed by atoms with Crippen LogP contribution >= 0.6 is 0 Å². The van der Waals surface area contributed by atoms with Crippen LogP contribution in [0.2, 0.25) is 0 Å². The Morgan fingerprint density at radius 1 is 0.826 bits per heavy atom. The molecule has 0 saturated heterocycles. The van der Waals surface area contributed by atoms with Gasteiger partial charge in [-0.25, -0.2) is 0 Å². The van der Waals surface area contributed by atoms with Crippen molar-refractivity contribution in [3.63, 3.8) is 0 Å². The second-order valence-corrected chi connectivity index (χ2v) is 7.03. The zero-order valence-corrected chi connectivity index (χ0v) is 14.1. The van der Waals surface area contributed by atoms with Crippen LogP contribution < -0.4 is 5.73 Å². The van der Waals surface area contributed by atoms with Crippen molar-refractivity contribution in [2.75, 3.05) is 0 Å². The first kappa shape index (κ1) is 15.6. The maximum absolute atomic E-state index is 5.65. The van der Waals surface area contributed by atoms with Crippen molar-refractivity contribution in [3.05, 3.63) is 71.9 Å². The Hall–Kier alpha value is -2.32. The fraction of sp³-hybridized carbons (Fsp3) is 0.238. The summed E-state index contributed by atoms with van der Waals surface area (Å²) in [6.07, 6.45) is 2.07. The van der Waals surface area contributed by atoms with Gasteiger partial charge in [0.05, 0.1) is 0 Å². The predicted molar refractivity (Wildman–Crippen MR) is 98.3 cm³/mol. The summed E-state index contributed by atoms with van der Waals surface area (Å²) in [5.74, 6) is 0. The van der Waals surface area contributed by atoms with E-state index in [-0.39, 0.29) is 5.41 Å². The second-order valence-electron chi connectivity index (χ2n) is 7.03. The van der Waals surface area contributed by atoms with E-state index in [0.717, 1.165) is 11.3 Å². The van der Waals surface area contributed by atoms with Crippen LogP contribution in [0.25, 0.3) is 22.4 Å². The van der Waals surface area contributed by atoms with Crippen molar-refractivity contribution >= 4 is 0 Å². The first-order valence-corrected chi connectivity index (χ1v) is 8.06. The molecule has 0 atom stereocenters. The van der Waals surface area contributed by atoms with Gasteiger partial charge in [-0.1, -0.05) is 69.3 Å². The lowest BCUT2D eigenvalue weighted by Gasteiger charge is -2.19. The van der Waals surface area contributed by atoms with Gasteiger partial charge in [0.2, 0.25) is 0 Å². The summed E-state index contributed by atoms with van der Waals surface area (Å²) >= 11 is 0. The SMILES string of the molecule is CC(C)(C)c1ccc(-c2c[nH]c(-c3ccc(CN)cc3)c2)cc1. The number of nitrogens with one attached hydrogen (secondary N) is 1. The van der Waals surface area contributed by atoms with E-state index in [4.69, 9.17) is 5.73 Å². The number of rotatable bonds is 3. The lowest BCUT2D eigenvalue weighted by Crippen LogP contribution is -2.10. The quantitative estimate of drug-likeness (QED) is 0.694. The van der Waals surface area contributed by atoms with Crippen LogP contribution in [-0.4, -0.2) is 4.98 Å². The number of hydrogen-bond donors (Lipinski definition) is 2. The second kappa shape index (κ2) is 6.05. The third kappa shape index (κ3) is 3.38. The van der Waals surface area contributed by atoms with Crippen LogP contribution in [0.5, 0.6) is 0 Å².